The van der Waals surface area contributed by atoms with Gasteiger partial charge in [-0.15, -0.1) is 0 Å². The van der Waals surface area contributed by atoms with E-state index in [9.17, 15) is 0 Å². The maximum Gasteiger partial charge on any atom is 4.00 e. The Morgan fingerprint density at radius 3 is 0.300 bits per heavy atom. The summed E-state index contributed by atoms with van der Waals surface area (Å²) in [6.45, 7) is 0. The van der Waals surface area contributed by atoms with Gasteiger partial charge in [0, 0.05) is 0 Å². The van der Waals surface area contributed by atoms with Crippen LogP contribution < -0.4 is 58.7 Å². The number of hydrogen-bond donors (Lipinski definition) is 0. The second-order valence-corrected chi connectivity index (χ2v) is 2.68. The van der Waals surface area contributed by atoms with Crippen molar-refractivity contribution in [2.24, 2.45) is 0 Å². The van der Waals surface area contributed by atoms with Gasteiger partial charge in [0.15, 0.2) is 0 Å². The zero-order chi connectivity index (χ0) is 14.3. The summed E-state index contributed by atoms with van der Waals surface area (Å²) in [5.74, 6) is 0. The molecule has 0 aliphatic heterocycles. The predicted octanol–water partition coefficient (Wildman–Crippen LogP) is -10.8. The van der Waals surface area contributed by atoms with Gasteiger partial charge in [0.2, 0.25) is 0 Å². The molecule has 1 atom stereocenters. The van der Waals surface area contributed by atoms with Gasteiger partial charge in [-0.1, -0.05) is 0 Å². The third kappa shape index (κ3) is 670. The largest absolute Gasteiger partial charge is 4.00 e. The van der Waals surface area contributed by atoms with Crippen LogP contribution in [0.25, 0.3) is 0 Å². The van der Waals surface area contributed by atoms with Crippen molar-refractivity contribution in [2.75, 3.05) is 0 Å². The first-order valence-electron chi connectivity index (χ1n) is 2.19. The molecule has 0 aromatic heterocycles. The van der Waals surface area contributed by atoms with E-state index in [1.165, 1.54) is 0 Å². The topological polar surface area (TPSA) is 277 Å². The van der Waals surface area contributed by atoms with Crippen molar-refractivity contribution >= 4 is 44.3 Å². The van der Waals surface area contributed by atoms with Crippen LogP contribution in [-0.2, 0) is 63.2 Å². The van der Waals surface area contributed by atoms with E-state index >= 15 is 0 Å². The van der Waals surface area contributed by atoms with Gasteiger partial charge in [0.25, 0.3) is 0 Å². The van der Waals surface area contributed by atoms with Gasteiger partial charge in [-0.2, -0.15) is 9.90 Å². The van der Waals surface area contributed by atoms with Crippen LogP contribution in [0.3, 0.4) is 0 Å². The van der Waals surface area contributed by atoms with E-state index in [2.05, 4.69) is 0 Å². The summed E-state index contributed by atoms with van der Waals surface area (Å²) in [5.41, 5.74) is 0. The Morgan fingerprint density at radius 2 is 0.300 bits per heavy atom. The van der Waals surface area contributed by atoms with Crippen molar-refractivity contribution in [1.82, 2.24) is 0 Å². The van der Waals surface area contributed by atoms with E-state index in [1.807, 2.05) is 0 Å². The summed E-state index contributed by atoms with van der Waals surface area (Å²) in [6, 6.07) is 0. The molecule has 1 unspecified atom stereocenters. The molecule has 0 saturated carbocycles. The summed E-state index contributed by atoms with van der Waals surface area (Å²) >= 11 is 0. The molecule has 0 aliphatic rings. The van der Waals surface area contributed by atoms with Crippen molar-refractivity contribution in [3.63, 3.8) is 0 Å². The fraction of sp³-hybridized carbons (Fsp3) is 0. The molecule has 0 aromatic rings. The summed E-state index contributed by atoms with van der Waals surface area (Å²) in [4.78, 5) is 102. The van der Waals surface area contributed by atoms with Crippen molar-refractivity contribution in [3.05, 3.63) is 0 Å². The molecule has 0 rings (SSSR count). The molecule has 0 aliphatic carbocycles. The molecular weight excluding hydrogens is 932 g/mol. The Bertz CT molecular complexity index is 70.1. The minimum Gasteiger partial charge on any atom is -0.854 e. The van der Waals surface area contributed by atoms with Gasteiger partial charge in [-0.3, -0.25) is 0 Å². The van der Waals surface area contributed by atoms with E-state index in [4.69, 9.17) is 58.7 Å². The van der Waals surface area contributed by atoms with Crippen LogP contribution in [0.5, 0.6) is 0 Å². The minimum absolute atomic E-state index is 0. The molecule has 0 fully saturated rings. The van der Waals surface area contributed by atoms with E-state index < -0.39 is 34.4 Å². The van der Waals surface area contributed by atoms with Crippen molar-refractivity contribution in [1.29, 1.82) is 0 Å². The smallest absolute Gasteiger partial charge is 0.854 e. The zero-order valence-corrected chi connectivity index (χ0v) is 20.2. The fourth-order valence-electron chi connectivity index (χ4n) is 0. The first kappa shape index (κ1) is 49.6. The summed E-state index contributed by atoms with van der Waals surface area (Å²) in [7, 11) is -13.5. The average molecular weight is 935 g/mol. The molecule has 0 saturated heterocycles. The first-order chi connectivity index (χ1) is 6.93. The maximum absolute atomic E-state index is 8.48. The molecule has 20 heteroatoms. The Balaban J connectivity index is -0.0000000150. The summed E-state index contributed by atoms with van der Waals surface area (Å²) < 4.78 is 0. The Kier molecular flexibility index (Phi) is 107. The molecular formula is H3O12P5Pt3. The Morgan fingerprint density at radius 1 is 0.300 bits per heavy atom. The molecule has 0 radical (unpaired) electrons. The van der Waals surface area contributed by atoms with Crippen LogP contribution in [0.2, 0.25) is 0 Å². The van der Waals surface area contributed by atoms with Crippen molar-refractivity contribution in [2.45, 2.75) is 0 Å². The van der Waals surface area contributed by atoms with Gasteiger partial charge >= 0.3 is 63.2 Å². The van der Waals surface area contributed by atoms with Crippen LogP contribution >= 0.6 is 44.3 Å². The fourth-order valence-corrected chi connectivity index (χ4v) is 0. The van der Waals surface area contributed by atoms with Crippen LogP contribution in [0.4, 0.5) is 0 Å². The molecule has 0 heterocycles. The molecule has 20 heavy (non-hydrogen) atoms. The van der Waals surface area contributed by atoms with Crippen LogP contribution in [0.15, 0.2) is 0 Å². The minimum atomic E-state index is -3.37. The first-order valence-corrected chi connectivity index (χ1v) is 6.57. The van der Waals surface area contributed by atoms with Gasteiger partial charge in [-0.25, -0.2) is 0 Å². The van der Waals surface area contributed by atoms with Crippen molar-refractivity contribution in [3.8, 4) is 0 Å². The summed E-state index contributed by atoms with van der Waals surface area (Å²) in [6.07, 6.45) is 0. The molecule has 130 valence electrons. The number of hydrogen-bond acceptors (Lipinski definition) is 12. The van der Waals surface area contributed by atoms with E-state index in [1.54, 1.807) is 0 Å². The molecule has 0 bridgehead atoms. The molecule has 12 nitrogen and oxygen atoms in total. The second-order valence-electron chi connectivity index (χ2n) is 0.894. The molecule has 0 N–H and O–H groups in total. The van der Waals surface area contributed by atoms with Crippen LogP contribution in [0, 0.1) is 0 Å². The normalized spacial score (nSPS) is 7.20. The average Bonchev–Trinajstić information content (AvgIpc) is 1.76. The van der Waals surface area contributed by atoms with Crippen LogP contribution in [0.1, 0.15) is 0 Å². The zero-order valence-electron chi connectivity index (χ0n) is 8.34. The van der Waals surface area contributed by atoms with E-state index in [0.717, 1.165) is 0 Å². The Labute approximate surface area is 165 Å². The summed E-state index contributed by atoms with van der Waals surface area (Å²) in [5, 5.41) is 0. The van der Waals surface area contributed by atoms with E-state index in [0.29, 0.717) is 0 Å². The standard InChI is InChI=1S/4O3P.H3P.3Pt/c4*1-4(2)3;;;;/h;;;;1H3;;;/q4*-3;;3*+4. The molecule has 0 spiro atoms. The monoisotopic (exact) mass is 935 g/mol. The van der Waals surface area contributed by atoms with E-state index in [-0.39, 0.29) is 73.1 Å². The Hall–Kier alpha value is 3.73. The predicted molar refractivity (Wildman–Crippen MR) is 38.8 cm³/mol. The molecule has 0 amide bonds. The third-order valence-corrected chi connectivity index (χ3v) is 0. The van der Waals surface area contributed by atoms with Gasteiger partial charge in [0.1, 0.15) is 0 Å². The second kappa shape index (κ2) is 43.4. The SMILES string of the molecule is P.[O-]P([O-])[O-].[O-]P([O-])[O-].[O-]P([O-])[O-].[O-]P([O-])[O-].[Pt+4].[Pt+4].[Pt+4]. The quantitative estimate of drug-likeness (QED) is 0.205. The van der Waals surface area contributed by atoms with Gasteiger partial charge in [0.05, 0.1) is 0 Å². The maximum atomic E-state index is 8.48. The third-order valence-electron chi connectivity index (χ3n) is 0. The molecule has 0 aromatic carbocycles. The van der Waals surface area contributed by atoms with Crippen LogP contribution in [-0.4, -0.2) is 0 Å². The van der Waals surface area contributed by atoms with Gasteiger partial charge in [-0.05, 0) is 0 Å². The van der Waals surface area contributed by atoms with Gasteiger partial charge < -0.3 is 93.1 Å². The van der Waals surface area contributed by atoms with Crippen molar-refractivity contribution < 1.29 is 122 Å². The number of rotatable bonds is 0.